The molecule has 1 saturated heterocycles. The van der Waals surface area contributed by atoms with E-state index in [1.807, 2.05) is 0 Å². The number of aromatic carboxylic acids is 1. The summed E-state index contributed by atoms with van der Waals surface area (Å²) < 4.78 is 5.80. The molecule has 34 heavy (non-hydrogen) atoms. The molecule has 0 aromatic heterocycles. The summed E-state index contributed by atoms with van der Waals surface area (Å²) in [5.74, 6) is -2.11. The van der Waals surface area contributed by atoms with Gasteiger partial charge in [0, 0.05) is 11.0 Å². The summed E-state index contributed by atoms with van der Waals surface area (Å²) in [7, 11) is 0. The number of ketones is 1. The van der Waals surface area contributed by atoms with Gasteiger partial charge in [0.1, 0.15) is 5.37 Å². The van der Waals surface area contributed by atoms with Gasteiger partial charge < -0.3 is 9.84 Å². The topological polar surface area (TPSA) is 101 Å². The van der Waals surface area contributed by atoms with Crippen LogP contribution in [0, 0.1) is 10.8 Å². The Morgan fingerprint density at radius 1 is 1.12 bits per heavy atom. The first-order chi connectivity index (χ1) is 15.9. The average Bonchev–Trinajstić information content (AvgIpc) is 2.78. The zero-order valence-electron chi connectivity index (χ0n) is 19.8. The van der Waals surface area contributed by atoms with Gasteiger partial charge in [-0.25, -0.2) is 9.59 Å². The fraction of sp³-hybridized carbons (Fsp3) is 0.385. The van der Waals surface area contributed by atoms with Gasteiger partial charge in [-0.1, -0.05) is 44.7 Å². The van der Waals surface area contributed by atoms with E-state index in [9.17, 15) is 19.2 Å². The first-order valence-electron chi connectivity index (χ1n) is 10.9. The first kappa shape index (κ1) is 25.5. The van der Waals surface area contributed by atoms with Crippen molar-refractivity contribution in [2.75, 3.05) is 0 Å². The van der Waals surface area contributed by atoms with Crippen molar-refractivity contribution in [2.24, 2.45) is 10.8 Å². The second-order valence-electron chi connectivity index (χ2n) is 9.54. The summed E-state index contributed by atoms with van der Waals surface area (Å²) in [6, 6.07) is 5.43. The number of hydrogen-bond donors (Lipinski definition) is 1. The number of fused-ring (bicyclic) bond motifs is 1. The summed E-state index contributed by atoms with van der Waals surface area (Å²) in [5, 5.41) is 8.65. The molecule has 2 aliphatic rings. The maximum atomic E-state index is 13.4. The van der Waals surface area contributed by atoms with Crippen LogP contribution in [0.1, 0.15) is 61.3 Å². The molecule has 1 fully saturated rings. The number of amides is 1. The Morgan fingerprint density at radius 3 is 2.12 bits per heavy atom. The van der Waals surface area contributed by atoms with Crippen molar-refractivity contribution in [3.8, 4) is 0 Å². The van der Waals surface area contributed by atoms with Crippen LogP contribution in [0.5, 0.6) is 0 Å². The zero-order valence-corrected chi connectivity index (χ0v) is 20.6. The quantitative estimate of drug-likeness (QED) is 0.322. The molecule has 1 amide bonds. The van der Waals surface area contributed by atoms with Crippen molar-refractivity contribution in [2.45, 2.75) is 51.3 Å². The van der Waals surface area contributed by atoms with E-state index >= 15 is 0 Å². The van der Waals surface area contributed by atoms with Gasteiger partial charge in [-0.15, -0.1) is 13.2 Å². The van der Waals surface area contributed by atoms with Crippen molar-refractivity contribution in [3.05, 3.63) is 72.0 Å². The van der Waals surface area contributed by atoms with Gasteiger partial charge >= 0.3 is 11.9 Å². The van der Waals surface area contributed by atoms with E-state index in [0.29, 0.717) is 18.4 Å². The number of carboxylic acid groups (broad SMARTS) is 1. The molecule has 0 spiro atoms. The van der Waals surface area contributed by atoms with Crippen LogP contribution in [-0.4, -0.2) is 44.4 Å². The zero-order chi connectivity index (χ0) is 25.4. The lowest BCUT2D eigenvalue weighted by atomic mass is 9.71. The monoisotopic (exact) mass is 483 g/mol. The fourth-order valence-electron chi connectivity index (χ4n) is 4.21. The van der Waals surface area contributed by atoms with Gasteiger partial charge in [-0.3, -0.25) is 14.5 Å². The van der Waals surface area contributed by atoms with Crippen molar-refractivity contribution in [3.63, 3.8) is 0 Å². The van der Waals surface area contributed by atoms with Crippen LogP contribution in [-0.2, 0) is 14.3 Å². The molecule has 7 nitrogen and oxygen atoms in total. The third kappa shape index (κ3) is 4.22. The van der Waals surface area contributed by atoms with Crippen LogP contribution in [0.3, 0.4) is 0 Å². The molecule has 0 aliphatic carbocycles. The van der Waals surface area contributed by atoms with E-state index in [2.05, 4.69) is 13.2 Å². The molecule has 0 saturated carbocycles. The molecule has 2 atom stereocenters. The smallest absolute Gasteiger partial charge is 0.339 e. The predicted octanol–water partition coefficient (Wildman–Crippen LogP) is 4.81. The third-order valence-corrected chi connectivity index (χ3v) is 7.68. The Hall–Kier alpha value is -3.13. The fourth-order valence-corrected chi connectivity index (χ4v) is 5.78. The second kappa shape index (κ2) is 9.25. The van der Waals surface area contributed by atoms with Crippen LogP contribution in [0.15, 0.2) is 60.8 Å². The van der Waals surface area contributed by atoms with E-state index < -0.39 is 33.6 Å². The van der Waals surface area contributed by atoms with Crippen LogP contribution < -0.4 is 0 Å². The van der Waals surface area contributed by atoms with Crippen LogP contribution in [0.2, 0.25) is 0 Å². The highest BCUT2D eigenvalue weighted by Gasteiger charge is 2.64. The van der Waals surface area contributed by atoms with E-state index in [1.54, 1.807) is 39.8 Å². The SMILES string of the molecule is C=CCC1(CC=C)C(=O)N2C(C(=O)C(C)(C)C)=C(C)C(OC(=O)c3ccc(C(=O)O)cc3)S[C@H]21. The molecule has 2 heterocycles. The summed E-state index contributed by atoms with van der Waals surface area (Å²) in [4.78, 5) is 52.3. The minimum Gasteiger partial charge on any atom is -0.478 e. The molecule has 8 heteroatoms. The van der Waals surface area contributed by atoms with Gasteiger partial charge in [0.15, 0.2) is 11.2 Å². The summed E-state index contributed by atoms with van der Waals surface area (Å²) in [5.41, 5.74) is -1.35. The molecule has 1 aromatic rings. The molecular weight excluding hydrogens is 454 g/mol. The highest BCUT2D eigenvalue weighted by Crippen LogP contribution is 2.57. The van der Waals surface area contributed by atoms with E-state index in [-0.39, 0.29) is 28.5 Å². The number of ether oxygens (including phenoxy) is 1. The van der Waals surface area contributed by atoms with Gasteiger partial charge in [0.2, 0.25) is 5.91 Å². The molecule has 2 aliphatic heterocycles. The summed E-state index contributed by atoms with van der Waals surface area (Å²) in [6.07, 6.45) is 4.17. The van der Waals surface area contributed by atoms with Crippen molar-refractivity contribution < 1.29 is 29.0 Å². The number of carboxylic acids is 1. The van der Waals surface area contributed by atoms with E-state index in [0.717, 1.165) is 0 Å². The second-order valence-corrected chi connectivity index (χ2v) is 10.7. The van der Waals surface area contributed by atoms with Crippen molar-refractivity contribution in [1.29, 1.82) is 0 Å². The van der Waals surface area contributed by atoms with Gasteiger partial charge in [-0.2, -0.15) is 0 Å². The van der Waals surface area contributed by atoms with Crippen molar-refractivity contribution >= 4 is 35.4 Å². The number of carbonyl (C=O) groups excluding carboxylic acids is 3. The van der Waals surface area contributed by atoms with Crippen LogP contribution in [0.25, 0.3) is 0 Å². The largest absolute Gasteiger partial charge is 0.478 e. The van der Waals surface area contributed by atoms with Crippen molar-refractivity contribution in [1.82, 2.24) is 4.90 Å². The lowest BCUT2D eigenvalue weighted by Crippen LogP contribution is -2.69. The maximum Gasteiger partial charge on any atom is 0.339 e. The molecule has 180 valence electrons. The number of hydrogen-bond acceptors (Lipinski definition) is 6. The van der Waals surface area contributed by atoms with E-state index in [1.165, 1.54) is 40.9 Å². The number of nitrogens with zero attached hydrogens (tertiary/aromatic N) is 1. The molecule has 1 aromatic carbocycles. The highest BCUT2D eigenvalue weighted by molar-refractivity contribution is 8.00. The van der Waals surface area contributed by atoms with Gasteiger partial charge in [0.05, 0.1) is 22.2 Å². The minimum absolute atomic E-state index is 0.0555. The number of benzene rings is 1. The maximum absolute atomic E-state index is 13.4. The number of Topliss-reactive ketones (excluding diaryl/α,β-unsaturated/α-hetero) is 1. The molecular formula is C26H29NO6S. The number of rotatable bonds is 8. The Labute approximate surface area is 203 Å². The molecule has 3 rings (SSSR count). The normalized spacial score (nSPS) is 21.3. The number of esters is 1. The van der Waals surface area contributed by atoms with Crippen LogP contribution in [0.4, 0.5) is 0 Å². The lowest BCUT2D eigenvalue weighted by molar-refractivity contribution is -0.162. The molecule has 1 unspecified atom stereocenters. The summed E-state index contributed by atoms with van der Waals surface area (Å²) >= 11 is 1.31. The molecule has 0 radical (unpaired) electrons. The number of allylic oxidation sites excluding steroid dienone is 3. The lowest BCUT2D eigenvalue weighted by Gasteiger charge is -2.59. The van der Waals surface area contributed by atoms with Gasteiger partial charge in [0.25, 0.3) is 0 Å². The third-order valence-electron chi connectivity index (χ3n) is 6.07. The first-order valence-corrected chi connectivity index (χ1v) is 11.8. The number of carbonyl (C=O) groups is 4. The highest BCUT2D eigenvalue weighted by atomic mass is 32.2. The minimum atomic E-state index is -1.10. The molecule has 0 bridgehead atoms. The summed E-state index contributed by atoms with van der Waals surface area (Å²) in [6.45, 7) is 14.6. The Kier molecular flexibility index (Phi) is 6.94. The van der Waals surface area contributed by atoms with Gasteiger partial charge in [-0.05, 0) is 44.0 Å². The standard InChI is InChI=1S/C26H29NO6S/c1-7-13-26(14-8-2)23(32)27-18(19(28)25(4,5)6)15(3)22(34-24(26)27)33-21(31)17-11-9-16(10-12-17)20(29)30/h7-12,22,24H,1-2,13-14H2,3-6H3,(H,29,30)/t22?,24-/m0/s1. The predicted molar refractivity (Wildman–Crippen MR) is 130 cm³/mol. The van der Waals surface area contributed by atoms with Crippen LogP contribution >= 0.6 is 11.8 Å². The average molecular weight is 484 g/mol. The Morgan fingerprint density at radius 2 is 1.65 bits per heavy atom. The Balaban J connectivity index is 2.01. The number of β-lactam (4-membered cyclic amide) rings is 1. The van der Waals surface area contributed by atoms with E-state index in [4.69, 9.17) is 9.84 Å². The number of thioether (sulfide) groups is 1. The molecule has 1 N–H and O–H groups in total. The Bertz CT molecular complexity index is 1090.